The highest BCUT2D eigenvalue weighted by Gasteiger charge is 2.47. The van der Waals surface area contributed by atoms with E-state index in [4.69, 9.17) is 0 Å². The van der Waals surface area contributed by atoms with E-state index in [1.807, 2.05) is 21.6 Å². The van der Waals surface area contributed by atoms with Crippen molar-refractivity contribution in [2.45, 2.75) is 44.6 Å². The number of carbonyl (C=O) groups excluding carboxylic acids is 2. The summed E-state index contributed by atoms with van der Waals surface area (Å²) in [6, 6.07) is -0.158. The molecule has 2 bridgehead atoms. The molecule has 2 heterocycles. The van der Waals surface area contributed by atoms with E-state index >= 15 is 0 Å². The van der Waals surface area contributed by atoms with Crippen LogP contribution in [0.1, 0.15) is 38.5 Å². The van der Waals surface area contributed by atoms with Crippen LogP contribution in [-0.4, -0.2) is 58.8 Å². The second-order valence-electron chi connectivity index (χ2n) is 7.41. The van der Waals surface area contributed by atoms with Crippen molar-refractivity contribution in [1.29, 1.82) is 0 Å². The topological polar surface area (TPSA) is 40.6 Å². The minimum atomic E-state index is -0.158. The molecule has 4 rings (SSSR count). The van der Waals surface area contributed by atoms with Gasteiger partial charge in [0.25, 0.3) is 0 Å². The standard InChI is InChI=1S/C17H26N2O2S/c20-16(14-11-12-3-4-13(14)10-12)19-5-1-2-15(19)17(21)18-6-8-22-9-7-18/h12-15H,1-11H2/t12-,13-,14-,15+/m0/s1. The van der Waals surface area contributed by atoms with E-state index in [1.165, 1.54) is 19.3 Å². The quantitative estimate of drug-likeness (QED) is 0.781. The number of fused-ring (bicyclic) bond motifs is 2. The maximum Gasteiger partial charge on any atom is 0.245 e. The van der Waals surface area contributed by atoms with Gasteiger partial charge in [-0.15, -0.1) is 0 Å². The smallest absolute Gasteiger partial charge is 0.245 e. The van der Waals surface area contributed by atoms with Crippen LogP contribution in [0.25, 0.3) is 0 Å². The van der Waals surface area contributed by atoms with Crippen molar-refractivity contribution < 1.29 is 9.59 Å². The molecule has 4 aliphatic rings. The molecular weight excluding hydrogens is 296 g/mol. The van der Waals surface area contributed by atoms with Crippen molar-refractivity contribution in [2.75, 3.05) is 31.1 Å². The summed E-state index contributed by atoms with van der Waals surface area (Å²) in [6.45, 7) is 2.51. The second-order valence-corrected chi connectivity index (χ2v) is 8.63. The third kappa shape index (κ3) is 2.55. The maximum absolute atomic E-state index is 13.0. The second kappa shape index (κ2) is 6.06. The lowest BCUT2D eigenvalue weighted by Crippen LogP contribution is -2.51. The maximum atomic E-state index is 13.0. The lowest BCUT2D eigenvalue weighted by Gasteiger charge is -2.34. The van der Waals surface area contributed by atoms with Gasteiger partial charge >= 0.3 is 0 Å². The summed E-state index contributed by atoms with van der Waals surface area (Å²) in [5, 5.41) is 0. The molecule has 5 heteroatoms. The van der Waals surface area contributed by atoms with Crippen LogP contribution in [-0.2, 0) is 9.59 Å². The molecule has 4 fully saturated rings. The van der Waals surface area contributed by atoms with Crippen molar-refractivity contribution in [1.82, 2.24) is 9.80 Å². The van der Waals surface area contributed by atoms with Gasteiger partial charge in [-0.05, 0) is 43.9 Å². The molecule has 0 aromatic heterocycles. The fourth-order valence-electron chi connectivity index (χ4n) is 5.04. The first-order valence-corrected chi connectivity index (χ1v) is 10.1. The molecule has 0 N–H and O–H groups in total. The van der Waals surface area contributed by atoms with Crippen LogP contribution in [0.2, 0.25) is 0 Å². The van der Waals surface area contributed by atoms with Gasteiger partial charge in [0, 0.05) is 37.1 Å². The highest BCUT2D eigenvalue weighted by atomic mass is 32.2. The van der Waals surface area contributed by atoms with Gasteiger partial charge in [0.15, 0.2) is 0 Å². The monoisotopic (exact) mass is 322 g/mol. The zero-order chi connectivity index (χ0) is 15.1. The first-order chi connectivity index (χ1) is 10.7. The summed E-state index contributed by atoms with van der Waals surface area (Å²) in [5.74, 6) is 4.22. The van der Waals surface area contributed by atoms with E-state index in [-0.39, 0.29) is 17.9 Å². The van der Waals surface area contributed by atoms with Crippen LogP contribution in [0.4, 0.5) is 0 Å². The minimum Gasteiger partial charge on any atom is -0.339 e. The van der Waals surface area contributed by atoms with Crippen LogP contribution in [0.15, 0.2) is 0 Å². The minimum absolute atomic E-state index is 0.158. The zero-order valence-corrected chi connectivity index (χ0v) is 14.0. The molecule has 2 saturated carbocycles. The average molecular weight is 322 g/mol. The van der Waals surface area contributed by atoms with Crippen molar-refractivity contribution >= 4 is 23.6 Å². The predicted molar refractivity (Wildman–Crippen MR) is 87.6 cm³/mol. The molecule has 2 aliphatic carbocycles. The lowest BCUT2D eigenvalue weighted by atomic mass is 9.87. The Balaban J connectivity index is 1.44. The Morgan fingerprint density at radius 2 is 1.73 bits per heavy atom. The number of rotatable bonds is 2. The molecular formula is C17H26N2O2S. The third-order valence-corrected chi connectivity index (χ3v) is 7.14. The molecule has 0 spiro atoms. The molecule has 22 heavy (non-hydrogen) atoms. The van der Waals surface area contributed by atoms with Crippen LogP contribution >= 0.6 is 11.8 Å². The zero-order valence-electron chi connectivity index (χ0n) is 13.2. The normalized spacial score (nSPS) is 37.8. The molecule has 4 atom stereocenters. The highest BCUT2D eigenvalue weighted by Crippen LogP contribution is 2.49. The number of nitrogens with zero attached hydrogens (tertiary/aromatic N) is 2. The van der Waals surface area contributed by atoms with E-state index < -0.39 is 0 Å². The van der Waals surface area contributed by atoms with Crippen LogP contribution < -0.4 is 0 Å². The Morgan fingerprint density at radius 1 is 0.909 bits per heavy atom. The number of carbonyl (C=O) groups is 2. The molecule has 0 aromatic rings. The Kier molecular flexibility index (Phi) is 4.09. The largest absolute Gasteiger partial charge is 0.339 e. The molecule has 2 amide bonds. The third-order valence-electron chi connectivity index (χ3n) is 6.20. The summed E-state index contributed by atoms with van der Waals surface area (Å²) in [4.78, 5) is 29.7. The fourth-order valence-corrected chi connectivity index (χ4v) is 5.94. The predicted octanol–water partition coefficient (Wildman–Crippen LogP) is 1.99. The van der Waals surface area contributed by atoms with Crippen molar-refractivity contribution in [3.63, 3.8) is 0 Å². The van der Waals surface area contributed by atoms with Gasteiger partial charge < -0.3 is 9.80 Å². The van der Waals surface area contributed by atoms with Gasteiger partial charge in [-0.2, -0.15) is 11.8 Å². The Hall–Kier alpha value is -0.710. The molecule has 2 saturated heterocycles. The number of hydrogen-bond acceptors (Lipinski definition) is 3. The summed E-state index contributed by atoms with van der Waals surface area (Å²) in [6.07, 6.45) is 6.76. The number of hydrogen-bond donors (Lipinski definition) is 0. The molecule has 0 unspecified atom stereocenters. The van der Waals surface area contributed by atoms with E-state index in [1.54, 1.807) is 0 Å². The molecule has 122 valence electrons. The Labute approximate surface area is 137 Å². The lowest BCUT2D eigenvalue weighted by molar-refractivity contribution is -0.146. The fraction of sp³-hybridized carbons (Fsp3) is 0.882. The van der Waals surface area contributed by atoms with E-state index in [0.29, 0.717) is 11.8 Å². The molecule has 2 aliphatic heterocycles. The first-order valence-electron chi connectivity index (χ1n) is 8.91. The Morgan fingerprint density at radius 3 is 2.41 bits per heavy atom. The van der Waals surface area contributed by atoms with E-state index in [2.05, 4.69) is 0 Å². The SMILES string of the molecule is O=C([C@H]1CCCN1C(=O)[C@H]1C[C@H]2CC[C@H]1C2)N1CCSCC1. The van der Waals surface area contributed by atoms with Crippen molar-refractivity contribution in [3.05, 3.63) is 0 Å². The first kappa shape index (κ1) is 14.9. The summed E-state index contributed by atoms with van der Waals surface area (Å²) < 4.78 is 0. The number of amides is 2. The molecule has 0 aromatic carbocycles. The summed E-state index contributed by atoms with van der Waals surface area (Å²) in [7, 11) is 0. The van der Waals surface area contributed by atoms with Gasteiger partial charge in [0.2, 0.25) is 11.8 Å². The average Bonchev–Trinajstić information content (AvgIpc) is 3.30. The van der Waals surface area contributed by atoms with Crippen molar-refractivity contribution in [3.8, 4) is 0 Å². The molecule has 0 radical (unpaired) electrons. The number of thioether (sulfide) groups is 1. The van der Waals surface area contributed by atoms with Gasteiger partial charge in [0.05, 0.1) is 0 Å². The summed E-state index contributed by atoms with van der Waals surface area (Å²) in [5.41, 5.74) is 0. The van der Waals surface area contributed by atoms with Gasteiger partial charge in [-0.3, -0.25) is 9.59 Å². The van der Waals surface area contributed by atoms with Gasteiger partial charge in [-0.25, -0.2) is 0 Å². The Bertz CT molecular complexity index is 464. The van der Waals surface area contributed by atoms with E-state index in [0.717, 1.165) is 56.3 Å². The molecule has 4 nitrogen and oxygen atoms in total. The summed E-state index contributed by atoms with van der Waals surface area (Å²) >= 11 is 1.92. The van der Waals surface area contributed by atoms with Gasteiger partial charge in [0.1, 0.15) is 6.04 Å². The number of likely N-dealkylation sites (tertiary alicyclic amines) is 1. The van der Waals surface area contributed by atoms with Crippen LogP contribution in [0.5, 0.6) is 0 Å². The van der Waals surface area contributed by atoms with Gasteiger partial charge in [-0.1, -0.05) is 6.42 Å². The van der Waals surface area contributed by atoms with Crippen LogP contribution in [0, 0.1) is 17.8 Å². The van der Waals surface area contributed by atoms with Crippen molar-refractivity contribution in [2.24, 2.45) is 17.8 Å². The van der Waals surface area contributed by atoms with Crippen LogP contribution in [0.3, 0.4) is 0 Å². The van der Waals surface area contributed by atoms with E-state index in [9.17, 15) is 9.59 Å². The highest BCUT2D eigenvalue weighted by molar-refractivity contribution is 7.99.